The first-order chi connectivity index (χ1) is 12.2. The molecule has 8 atom stereocenters. The van der Waals surface area contributed by atoms with Crippen molar-refractivity contribution < 1.29 is 27.9 Å². The number of carbonyl (C=O) groups excluding carboxylic acids is 2. The summed E-state index contributed by atoms with van der Waals surface area (Å²) in [5.41, 5.74) is -2.52. The van der Waals surface area contributed by atoms with Crippen molar-refractivity contribution in [1.29, 1.82) is 0 Å². The van der Waals surface area contributed by atoms with Crippen molar-refractivity contribution in [3.05, 3.63) is 0 Å². The van der Waals surface area contributed by atoms with Gasteiger partial charge in [0, 0.05) is 18.9 Å². The molecule has 4 nitrogen and oxygen atoms in total. The van der Waals surface area contributed by atoms with E-state index in [4.69, 9.17) is 0 Å². The largest absolute Gasteiger partial charge is 0.416 e. The molecule has 7 heteroatoms. The second-order valence-electron chi connectivity index (χ2n) is 9.16. The molecule has 1 aliphatic heterocycles. The normalized spacial score (nSPS) is 35.5. The van der Waals surface area contributed by atoms with Crippen LogP contribution >= 0.6 is 0 Å². The number of carbonyl (C=O) groups is 2. The fourth-order valence-corrected chi connectivity index (χ4v) is 5.10. The van der Waals surface area contributed by atoms with E-state index in [1.165, 1.54) is 11.9 Å². The molecular formula is C24H48F3NO3. The van der Waals surface area contributed by atoms with Gasteiger partial charge in [-0.2, -0.15) is 13.2 Å². The van der Waals surface area contributed by atoms with E-state index >= 15 is 0 Å². The van der Waals surface area contributed by atoms with Crippen LogP contribution in [0.2, 0.25) is 0 Å². The molecular weight excluding hydrogens is 407 g/mol. The summed E-state index contributed by atoms with van der Waals surface area (Å²) in [6.07, 6.45) is -2.72. The quantitative estimate of drug-likeness (QED) is 0.489. The Morgan fingerprint density at radius 3 is 1.58 bits per heavy atom. The zero-order valence-corrected chi connectivity index (χ0v) is 17.0. The number of hydrogen-bond donors (Lipinski definition) is 1. The van der Waals surface area contributed by atoms with Gasteiger partial charge in [-0.1, -0.05) is 57.4 Å². The molecule has 3 aliphatic rings. The van der Waals surface area contributed by atoms with Gasteiger partial charge in [-0.25, -0.2) is 0 Å². The van der Waals surface area contributed by atoms with E-state index in [-0.39, 0.29) is 65.7 Å². The zero-order valence-electron chi connectivity index (χ0n) is 17.0. The van der Waals surface area contributed by atoms with E-state index in [0.29, 0.717) is 23.7 Å². The third-order valence-electron chi connectivity index (χ3n) is 7.49. The fourth-order valence-electron chi connectivity index (χ4n) is 5.10. The number of hydrogen-bond acceptors (Lipinski definition) is 3. The van der Waals surface area contributed by atoms with Gasteiger partial charge in [0.25, 0.3) is 0 Å². The third-order valence-corrected chi connectivity index (χ3v) is 7.49. The molecule has 0 radical (unpaired) electrons. The first kappa shape index (κ1) is 34.5. The molecule has 3 rings (SSSR count). The number of amides is 2. The summed E-state index contributed by atoms with van der Waals surface area (Å²) in [7, 11) is 1.53. The Hall–Kier alpha value is -1.11. The smallest absolute Gasteiger partial charge is 0.381 e. The maximum absolute atomic E-state index is 12.7. The van der Waals surface area contributed by atoms with Gasteiger partial charge in [-0.3, -0.25) is 14.5 Å². The minimum atomic E-state index is -4.51. The molecule has 1 heterocycles. The zero-order chi connectivity index (χ0) is 20.9. The van der Waals surface area contributed by atoms with Crippen molar-refractivity contribution in [1.82, 2.24) is 4.90 Å². The lowest BCUT2D eigenvalue weighted by Crippen LogP contribution is -2.45. The first-order valence-electron chi connectivity index (χ1n) is 9.79. The van der Waals surface area contributed by atoms with Crippen molar-refractivity contribution in [3.8, 4) is 0 Å². The highest BCUT2D eigenvalue weighted by atomic mass is 19.4. The highest BCUT2D eigenvalue weighted by Gasteiger charge is 2.55. The third kappa shape index (κ3) is 6.45. The molecule has 8 unspecified atom stereocenters. The summed E-state index contributed by atoms with van der Waals surface area (Å²) < 4.78 is 38.0. The van der Waals surface area contributed by atoms with E-state index in [9.17, 15) is 27.9 Å². The minimum Gasteiger partial charge on any atom is -0.381 e. The van der Waals surface area contributed by atoms with Crippen molar-refractivity contribution in [2.45, 2.75) is 95.4 Å². The summed E-state index contributed by atoms with van der Waals surface area (Å²) in [5.74, 6) is 1.76. The van der Waals surface area contributed by atoms with Crippen LogP contribution in [0.15, 0.2) is 0 Å². The Balaban J connectivity index is -0.000000493. The molecule has 0 aromatic rings. The Labute approximate surface area is 189 Å². The Morgan fingerprint density at radius 2 is 1.32 bits per heavy atom. The number of aliphatic hydroxyl groups is 1. The van der Waals surface area contributed by atoms with Gasteiger partial charge in [-0.15, -0.1) is 0 Å². The Morgan fingerprint density at radius 1 is 0.903 bits per heavy atom. The average Bonchev–Trinajstić information content (AvgIpc) is 3.14. The lowest BCUT2D eigenvalue weighted by molar-refractivity contribution is -0.260. The summed E-state index contributed by atoms with van der Waals surface area (Å²) in [4.78, 5) is 23.3. The number of likely N-dealkylation sites (tertiary alicyclic amines) is 1. The second-order valence-corrected chi connectivity index (χ2v) is 9.16. The lowest BCUT2D eigenvalue weighted by atomic mass is 9.72. The predicted octanol–water partition coefficient (Wildman–Crippen LogP) is 6.42. The number of halogens is 3. The molecule has 2 amide bonds. The number of fused-ring (bicyclic) bond motifs is 2. The minimum absolute atomic E-state index is 0. The highest BCUT2D eigenvalue weighted by Crippen LogP contribution is 2.57. The standard InChI is InChI=1S/C13H21F3O.C7H11NO2.4CH4/c1-7-8(2)11-5-9(7)4-10(11)6-12(3,17)13(14,15)16;1-4-5(2)7(10)8(3)6(4)9;;;;/h7-11,17H,4-6H2,1-3H3;4-5H,1-3H3;4*1H4. The van der Waals surface area contributed by atoms with Gasteiger partial charge in [-0.05, 0) is 55.8 Å². The molecule has 0 aromatic heterocycles. The van der Waals surface area contributed by atoms with Crippen LogP contribution in [0.5, 0.6) is 0 Å². The van der Waals surface area contributed by atoms with Gasteiger partial charge in [0.2, 0.25) is 11.8 Å². The van der Waals surface area contributed by atoms with Gasteiger partial charge < -0.3 is 5.11 Å². The van der Waals surface area contributed by atoms with Gasteiger partial charge >= 0.3 is 6.18 Å². The van der Waals surface area contributed by atoms with Crippen LogP contribution in [0.25, 0.3) is 0 Å². The molecule has 2 saturated carbocycles. The molecule has 2 aliphatic carbocycles. The summed E-state index contributed by atoms with van der Waals surface area (Å²) in [6, 6.07) is 0. The second kappa shape index (κ2) is 11.7. The SMILES string of the molecule is C.C.C.C.CC1C(=O)N(C)C(=O)C1C.CC1C2CC(CC(C)(O)C(F)(F)F)C(C2)C1C. The van der Waals surface area contributed by atoms with E-state index in [1.807, 2.05) is 0 Å². The summed E-state index contributed by atoms with van der Waals surface area (Å²) in [6.45, 7) is 8.83. The molecule has 31 heavy (non-hydrogen) atoms. The predicted molar refractivity (Wildman–Crippen MR) is 122 cm³/mol. The van der Waals surface area contributed by atoms with E-state index in [0.717, 1.165) is 19.8 Å². The Kier molecular flexibility index (Phi) is 13.0. The molecule has 0 aromatic carbocycles. The van der Waals surface area contributed by atoms with Crippen LogP contribution < -0.4 is 0 Å². The topological polar surface area (TPSA) is 57.6 Å². The molecule has 0 spiro atoms. The van der Waals surface area contributed by atoms with Crippen LogP contribution in [-0.2, 0) is 9.59 Å². The molecule has 2 bridgehead atoms. The van der Waals surface area contributed by atoms with Gasteiger partial charge in [0.1, 0.15) is 0 Å². The number of nitrogens with zero attached hydrogens (tertiary/aromatic N) is 1. The van der Waals surface area contributed by atoms with Crippen molar-refractivity contribution in [3.63, 3.8) is 0 Å². The monoisotopic (exact) mass is 455 g/mol. The maximum atomic E-state index is 12.7. The number of alkyl halides is 3. The fraction of sp³-hybridized carbons (Fsp3) is 0.917. The van der Waals surface area contributed by atoms with Gasteiger partial charge in [0.15, 0.2) is 5.60 Å². The Bertz CT molecular complexity index is 569. The summed E-state index contributed by atoms with van der Waals surface area (Å²) >= 11 is 0. The maximum Gasteiger partial charge on any atom is 0.416 e. The van der Waals surface area contributed by atoms with Gasteiger partial charge in [0.05, 0.1) is 0 Å². The molecule has 188 valence electrons. The molecule has 1 N–H and O–H groups in total. The first-order valence-corrected chi connectivity index (χ1v) is 9.79. The molecule has 3 fully saturated rings. The van der Waals surface area contributed by atoms with E-state index in [1.54, 1.807) is 13.8 Å². The average molecular weight is 456 g/mol. The van der Waals surface area contributed by atoms with Crippen LogP contribution in [0, 0.1) is 41.4 Å². The molecule has 1 saturated heterocycles. The number of imide groups is 1. The van der Waals surface area contributed by atoms with Crippen LogP contribution in [0.1, 0.15) is 83.6 Å². The highest BCUT2D eigenvalue weighted by molar-refractivity contribution is 6.04. The van der Waals surface area contributed by atoms with Crippen LogP contribution in [-0.4, -0.2) is 40.6 Å². The lowest BCUT2D eigenvalue weighted by Gasteiger charge is -2.36. The number of rotatable bonds is 2. The van der Waals surface area contributed by atoms with Crippen LogP contribution in [0.4, 0.5) is 13.2 Å². The van der Waals surface area contributed by atoms with Crippen molar-refractivity contribution in [2.24, 2.45) is 41.4 Å². The van der Waals surface area contributed by atoms with Crippen LogP contribution in [0.3, 0.4) is 0 Å². The van der Waals surface area contributed by atoms with E-state index in [2.05, 4.69) is 13.8 Å². The summed E-state index contributed by atoms with van der Waals surface area (Å²) in [5, 5.41) is 9.57. The van der Waals surface area contributed by atoms with E-state index < -0.39 is 11.8 Å². The van der Waals surface area contributed by atoms with Crippen molar-refractivity contribution >= 4 is 11.8 Å². The van der Waals surface area contributed by atoms with Crippen molar-refractivity contribution in [2.75, 3.05) is 7.05 Å².